The van der Waals surface area contributed by atoms with Crippen molar-refractivity contribution in [1.82, 2.24) is 0 Å². The molecule has 0 aromatic heterocycles. The SMILES string of the molecule is CC(C)CC1(C#N)CCCS1. The van der Waals surface area contributed by atoms with Crippen molar-refractivity contribution in [2.45, 2.75) is 37.9 Å². The van der Waals surface area contributed by atoms with Crippen LogP contribution in [0.4, 0.5) is 0 Å². The first-order valence-corrected chi connectivity index (χ1v) is 5.22. The molecule has 1 heterocycles. The van der Waals surface area contributed by atoms with Gasteiger partial charge >= 0.3 is 0 Å². The standard InChI is InChI=1S/C9H15NS/c1-8(2)6-9(7-10)4-3-5-11-9/h8H,3-6H2,1-2H3. The summed E-state index contributed by atoms with van der Waals surface area (Å²) in [5.41, 5.74) is 0. The van der Waals surface area contributed by atoms with Gasteiger partial charge in [0, 0.05) is 0 Å². The van der Waals surface area contributed by atoms with Gasteiger partial charge in [-0.25, -0.2) is 0 Å². The highest BCUT2D eigenvalue weighted by molar-refractivity contribution is 8.01. The lowest BCUT2D eigenvalue weighted by Crippen LogP contribution is -2.20. The average Bonchev–Trinajstić information content (AvgIpc) is 2.36. The van der Waals surface area contributed by atoms with Crippen LogP contribution < -0.4 is 0 Å². The normalized spacial score (nSPS) is 30.7. The second-order valence-corrected chi connectivity index (χ2v) is 5.13. The molecule has 0 radical (unpaired) electrons. The fraction of sp³-hybridized carbons (Fsp3) is 0.889. The Kier molecular flexibility index (Phi) is 2.84. The molecule has 1 fully saturated rings. The Morgan fingerprint density at radius 2 is 2.36 bits per heavy atom. The molecule has 11 heavy (non-hydrogen) atoms. The molecule has 0 spiro atoms. The summed E-state index contributed by atoms with van der Waals surface area (Å²) >= 11 is 1.86. The van der Waals surface area contributed by atoms with E-state index >= 15 is 0 Å². The van der Waals surface area contributed by atoms with Crippen LogP contribution in [0.5, 0.6) is 0 Å². The van der Waals surface area contributed by atoms with Crippen LogP contribution in [-0.4, -0.2) is 10.5 Å². The second kappa shape index (κ2) is 3.49. The van der Waals surface area contributed by atoms with E-state index in [1.807, 2.05) is 11.8 Å². The molecule has 1 saturated heterocycles. The summed E-state index contributed by atoms with van der Waals surface area (Å²) in [7, 11) is 0. The minimum atomic E-state index is -0.0197. The fourth-order valence-corrected chi connectivity index (χ4v) is 3.14. The van der Waals surface area contributed by atoms with E-state index in [-0.39, 0.29) is 4.75 Å². The van der Waals surface area contributed by atoms with Crippen LogP contribution >= 0.6 is 11.8 Å². The van der Waals surface area contributed by atoms with Crippen molar-refractivity contribution in [3.63, 3.8) is 0 Å². The summed E-state index contributed by atoms with van der Waals surface area (Å²) in [5.74, 6) is 1.83. The van der Waals surface area contributed by atoms with Gasteiger partial charge in [0.15, 0.2) is 0 Å². The van der Waals surface area contributed by atoms with Crippen LogP contribution in [0.2, 0.25) is 0 Å². The third-order valence-corrected chi connectivity index (χ3v) is 3.55. The summed E-state index contributed by atoms with van der Waals surface area (Å²) in [6.07, 6.45) is 3.39. The van der Waals surface area contributed by atoms with Crippen LogP contribution in [0, 0.1) is 17.2 Å². The van der Waals surface area contributed by atoms with E-state index in [4.69, 9.17) is 5.26 Å². The molecular weight excluding hydrogens is 154 g/mol. The summed E-state index contributed by atoms with van der Waals surface area (Å²) < 4.78 is -0.0197. The highest BCUT2D eigenvalue weighted by Gasteiger charge is 2.34. The zero-order valence-corrected chi connectivity index (χ0v) is 8.08. The van der Waals surface area contributed by atoms with Crippen molar-refractivity contribution in [3.8, 4) is 6.07 Å². The Morgan fingerprint density at radius 1 is 1.64 bits per heavy atom. The van der Waals surface area contributed by atoms with Gasteiger partial charge in [0.1, 0.15) is 4.75 Å². The first-order chi connectivity index (χ1) is 5.18. The van der Waals surface area contributed by atoms with Crippen molar-refractivity contribution >= 4 is 11.8 Å². The van der Waals surface area contributed by atoms with Crippen molar-refractivity contribution in [3.05, 3.63) is 0 Å². The zero-order chi connectivity index (χ0) is 8.32. The van der Waals surface area contributed by atoms with Gasteiger partial charge in [0.2, 0.25) is 0 Å². The van der Waals surface area contributed by atoms with Crippen molar-refractivity contribution in [2.24, 2.45) is 5.92 Å². The molecule has 1 rings (SSSR count). The van der Waals surface area contributed by atoms with Crippen LogP contribution in [0.15, 0.2) is 0 Å². The zero-order valence-electron chi connectivity index (χ0n) is 7.26. The monoisotopic (exact) mass is 169 g/mol. The van der Waals surface area contributed by atoms with Gasteiger partial charge in [-0.1, -0.05) is 13.8 Å². The average molecular weight is 169 g/mol. The van der Waals surface area contributed by atoms with Crippen LogP contribution in [0.25, 0.3) is 0 Å². The molecule has 0 aromatic rings. The van der Waals surface area contributed by atoms with Crippen molar-refractivity contribution in [1.29, 1.82) is 5.26 Å². The van der Waals surface area contributed by atoms with Crippen molar-refractivity contribution < 1.29 is 0 Å². The van der Waals surface area contributed by atoms with E-state index in [1.54, 1.807) is 0 Å². The van der Waals surface area contributed by atoms with E-state index in [1.165, 1.54) is 12.2 Å². The van der Waals surface area contributed by atoms with Crippen LogP contribution in [-0.2, 0) is 0 Å². The number of hydrogen-bond donors (Lipinski definition) is 0. The van der Waals surface area contributed by atoms with Gasteiger partial charge < -0.3 is 0 Å². The van der Waals surface area contributed by atoms with E-state index < -0.39 is 0 Å². The summed E-state index contributed by atoms with van der Waals surface area (Å²) in [4.78, 5) is 0. The Hall–Kier alpha value is -0.160. The molecule has 0 saturated carbocycles. The molecule has 0 aliphatic carbocycles. The molecule has 0 N–H and O–H groups in total. The molecule has 1 nitrogen and oxygen atoms in total. The molecular formula is C9H15NS. The van der Waals surface area contributed by atoms with Gasteiger partial charge in [-0.3, -0.25) is 0 Å². The van der Waals surface area contributed by atoms with E-state index in [2.05, 4.69) is 19.9 Å². The predicted octanol–water partition coefficient (Wildman–Crippen LogP) is 2.82. The van der Waals surface area contributed by atoms with Gasteiger partial charge in [0.25, 0.3) is 0 Å². The van der Waals surface area contributed by atoms with E-state index in [0.717, 1.165) is 12.8 Å². The minimum absolute atomic E-state index is 0.0197. The largest absolute Gasteiger partial charge is 0.197 e. The smallest absolute Gasteiger partial charge is 0.103 e. The van der Waals surface area contributed by atoms with Crippen LogP contribution in [0.3, 0.4) is 0 Å². The second-order valence-electron chi connectivity index (χ2n) is 3.66. The third-order valence-electron chi connectivity index (χ3n) is 2.05. The molecule has 0 bridgehead atoms. The van der Waals surface area contributed by atoms with E-state index in [0.29, 0.717) is 5.92 Å². The molecule has 0 amide bonds. The molecule has 1 atom stereocenters. The molecule has 62 valence electrons. The minimum Gasteiger partial charge on any atom is -0.197 e. The first-order valence-electron chi connectivity index (χ1n) is 4.24. The molecule has 1 aliphatic heterocycles. The topological polar surface area (TPSA) is 23.8 Å². The highest BCUT2D eigenvalue weighted by atomic mass is 32.2. The lowest BCUT2D eigenvalue weighted by molar-refractivity contribution is 0.503. The summed E-state index contributed by atoms with van der Waals surface area (Å²) in [6, 6.07) is 2.47. The van der Waals surface area contributed by atoms with E-state index in [9.17, 15) is 0 Å². The maximum absolute atomic E-state index is 8.99. The van der Waals surface area contributed by atoms with Gasteiger partial charge in [0.05, 0.1) is 6.07 Å². The Bertz CT molecular complexity index is 163. The van der Waals surface area contributed by atoms with Crippen molar-refractivity contribution in [2.75, 3.05) is 5.75 Å². The van der Waals surface area contributed by atoms with Gasteiger partial charge in [-0.05, 0) is 30.9 Å². The number of rotatable bonds is 2. The Labute approximate surface area is 73.2 Å². The number of hydrogen-bond acceptors (Lipinski definition) is 2. The molecule has 1 aliphatic rings. The molecule has 2 heteroatoms. The third kappa shape index (κ3) is 2.13. The number of thioether (sulfide) groups is 1. The summed E-state index contributed by atoms with van der Waals surface area (Å²) in [5, 5.41) is 8.99. The number of nitrogens with zero attached hydrogens (tertiary/aromatic N) is 1. The lowest BCUT2D eigenvalue weighted by Gasteiger charge is -2.20. The first kappa shape index (κ1) is 8.93. The number of nitriles is 1. The van der Waals surface area contributed by atoms with Gasteiger partial charge in [-0.2, -0.15) is 5.26 Å². The quantitative estimate of drug-likeness (QED) is 0.634. The lowest BCUT2D eigenvalue weighted by atomic mass is 9.94. The predicted molar refractivity (Wildman–Crippen MR) is 49.5 cm³/mol. The van der Waals surface area contributed by atoms with Gasteiger partial charge in [-0.15, -0.1) is 11.8 Å². The maximum Gasteiger partial charge on any atom is 0.103 e. The highest BCUT2D eigenvalue weighted by Crippen LogP contribution is 2.42. The molecule has 1 unspecified atom stereocenters. The van der Waals surface area contributed by atoms with Crippen LogP contribution in [0.1, 0.15) is 33.1 Å². The summed E-state index contributed by atoms with van der Waals surface area (Å²) in [6.45, 7) is 4.38. The fourth-order valence-electron chi connectivity index (χ4n) is 1.65. The molecule has 0 aromatic carbocycles. The Balaban J connectivity index is 2.54. The Morgan fingerprint density at radius 3 is 2.73 bits per heavy atom. The maximum atomic E-state index is 8.99.